The van der Waals surface area contributed by atoms with Crippen LogP contribution in [0.2, 0.25) is 0 Å². The monoisotopic (exact) mass is 470 g/mol. The lowest BCUT2D eigenvalue weighted by atomic mass is 9.92. The Balaban J connectivity index is 1.26. The largest absolute Gasteiger partial charge is 0.381 e. The number of fused-ring (bicyclic) bond motifs is 1. The summed E-state index contributed by atoms with van der Waals surface area (Å²) in [5.74, 6) is -2.92. The molecule has 0 radical (unpaired) electrons. The van der Waals surface area contributed by atoms with E-state index in [4.69, 9.17) is 7.48 Å². The summed E-state index contributed by atoms with van der Waals surface area (Å²) in [6.07, 6.45) is 2.22. The number of ether oxygens (including phenoxy) is 1. The highest BCUT2D eigenvalue weighted by Crippen LogP contribution is 2.27. The van der Waals surface area contributed by atoms with Gasteiger partial charge in [0.05, 0.1) is 5.69 Å². The summed E-state index contributed by atoms with van der Waals surface area (Å²) in [4.78, 5) is 1.95. The van der Waals surface area contributed by atoms with Gasteiger partial charge >= 0.3 is 0 Å². The van der Waals surface area contributed by atoms with Crippen LogP contribution in [0.4, 0.5) is 19.0 Å². The zero-order valence-electron chi connectivity index (χ0n) is 20.7. The molecule has 1 fully saturated rings. The molecule has 1 aromatic heterocycles. The molecule has 0 aliphatic carbocycles. The molecule has 0 amide bonds. The van der Waals surface area contributed by atoms with Crippen molar-refractivity contribution in [1.82, 2.24) is 15.1 Å². The second-order valence-corrected chi connectivity index (χ2v) is 8.65. The number of aromatic nitrogens is 2. The first-order valence-electron chi connectivity index (χ1n) is 12.5. The van der Waals surface area contributed by atoms with Crippen molar-refractivity contribution in [1.29, 1.82) is 0 Å². The Morgan fingerprint density at radius 2 is 1.94 bits per heavy atom. The summed E-state index contributed by atoms with van der Waals surface area (Å²) in [6, 6.07) is 10.5. The fraction of sp³-hybridized carbons (Fsp3) is 0.385. The fourth-order valence-corrected chi connectivity index (χ4v) is 4.55. The molecular formula is C26H27F3N4O. The zero-order valence-corrected chi connectivity index (χ0v) is 18.7. The summed E-state index contributed by atoms with van der Waals surface area (Å²) >= 11 is 0. The highest BCUT2D eigenvalue weighted by atomic mass is 19.2. The maximum Gasteiger partial charge on any atom is 0.168 e. The molecule has 1 saturated heterocycles. The molecule has 1 N–H and O–H groups in total. The van der Waals surface area contributed by atoms with E-state index in [1.807, 2.05) is 23.1 Å². The Hall–Kier alpha value is -2.97. The first kappa shape index (κ1) is 20.4. The van der Waals surface area contributed by atoms with E-state index in [1.54, 1.807) is 6.07 Å². The Kier molecular flexibility index (Phi) is 6.07. The van der Waals surface area contributed by atoms with Crippen molar-refractivity contribution in [2.45, 2.75) is 32.4 Å². The van der Waals surface area contributed by atoms with Crippen LogP contribution in [0.3, 0.4) is 0 Å². The minimum Gasteiger partial charge on any atom is -0.381 e. The van der Waals surface area contributed by atoms with E-state index < -0.39 is 23.9 Å². The minimum absolute atomic E-state index is 0.0310. The van der Waals surface area contributed by atoms with E-state index in [-0.39, 0.29) is 17.2 Å². The molecule has 3 aromatic rings. The Bertz CT molecular complexity index is 1240. The van der Waals surface area contributed by atoms with Crippen molar-refractivity contribution >= 4 is 5.82 Å². The molecule has 0 unspecified atom stereocenters. The van der Waals surface area contributed by atoms with Crippen LogP contribution in [0, 0.1) is 23.4 Å². The molecule has 8 heteroatoms. The molecular weight excluding hydrogens is 441 g/mol. The van der Waals surface area contributed by atoms with Crippen LogP contribution in [-0.4, -0.2) is 41.4 Å². The van der Waals surface area contributed by atoms with E-state index in [2.05, 4.69) is 15.5 Å². The van der Waals surface area contributed by atoms with Gasteiger partial charge in [-0.05, 0) is 60.1 Å². The van der Waals surface area contributed by atoms with Gasteiger partial charge in [-0.15, -0.1) is 10.2 Å². The maximum absolute atomic E-state index is 14.0. The third-order valence-electron chi connectivity index (χ3n) is 6.34. The van der Waals surface area contributed by atoms with Crippen molar-refractivity contribution in [2.24, 2.45) is 5.92 Å². The van der Waals surface area contributed by atoms with Crippen molar-refractivity contribution in [3.63, 3.8) is 0 Å². The molecule has 0 spiro atoms. The molecule has 5 rings (SSSR count). The van der Waals surface area contributed by atoms with E-state index in [9.17, 15) is 13.2 Å². The number of rotatable bonds is 6. The molecule has 0 bridgehead atoms. The van der Waals surface area contributed by atoms with Gasteiger partial charge < -0.3 is 10.1 Å². The molecule has 3 heterocycles. The first-order valence-corrected chi connectivity index (χ1v) is 11.5. The lowest BCUT2D eigenvalue weighted by molar-refractivity contribution is 0.0506. The number of halogens is 3. The van der Waals surface area contributed by atoms with Gasteiger partial charge in [0.2, 0.25) is 0 Å². The van der Waals surface area contributed by atoms with Crippen LogP contribution < -0.4 is 5.32 Å². The average molecular weight is 471 g/mol. The third-order valence-corrected chi connectivity index (χ3v) is 6.34. The Morgan fingerprint density at radius 3 is 2.74 bits per heavy atom. The maximum atomic E-state index is 14.0. The number of hydrogen-bond acceptors (Lipinski definition) is 5. The van der Waals surface area contributed by atoms with Crippen LogP contribution in [0.5, 0.6) is 0 Å². The molecule has 2 aliphatic heterocycles. The molecule has 5 nitrogen and oxygen atoms in total. The topological polar surface area (TPSA) is 50.3 Å². The van der Waals surface area contributed by atoms with E-state index in [0.29, 0.717) is 44.7 Å². The van der Waals surface area contributed by atoms with Crippen LogP contribution >= 0.6 is 0 Å². The van der Waals surface area contributed by atoms with Crippen molar-refractivity contribution < 1.29 is 20.6 Å². The quantitative estimate of drug-likeness (QED) is 0.516. The zero-order chi connectivity index (χ0) is 25.3. The van der Waals surface area contributed by atoms with Gasteiger partial charge in [-0.25, -0.2) is 13.2 Å². The summed E-state index contributed by atoms with van der Waals surface area (Å²) in [6.45, 7) is 1.52. The van der Waals surface area contributed by atoms with Crippen LogP contribution in [-0.2, 0) is 24.2 Å². The Labute approximate surface area is 199 Å². The van der Waals surface area contributed by atoms with Crippen molar-refractivity contribution in [3.8, 4) is 11.3 Å². The average Bonchev–Trinajstić information content (AvgIpc) is 2.90. The number of nitrogens with zero attached hydrogens (tertiary/aromatic N) is 3. The van der Waals surface area contributed by atoms with Gasteiger partial charge in [-0.3, -0.25) is 4.90 Å². The van der Waals surface area contributed by atoms with Gasteiger partial charge in [-0.2, -0.15) is 0 Å². The fourth-order valence-electron chi connectivity index (χ4n) is 4.55. The standard InChI is InChI=1S/C26H27F3N4O/c27-20-12-22(26(29)23(28)13-20)24-4-5-25(32-31-24)30-14-18-2-1-3-19-16-33(9-6-21(18)19)15-17-7-10-34-11-8-17/h1-5,12-13,17H,6-11,14-16H2,(H,30,32)/i15D2. The predicted octanol–water partition coefficient (Wildman–Crippen LogP) is 4.96. The number of hydrogen-bond donors (Lipinski definition) is 1. The molecule has 0 atom stereocenters. The molecule has 34 heavy (non-hydrogen) atoms. The van der Waals surface area contributed by atoms with Crippen LogP contribution in [0.15, 0.2) is 42.5 Å². The van der Waals surface area contributed by atoms with Crippen molar-refractivity contribution in [2.75, 3.05) is 31.6 Å². The number of nitrogens with one attached hydrogen (secondary N) is 1. The SMILES string of the molecule is [2H]C([2H])(C1CCOCC1)N1CCc2c(CNc3ccc(-c4cc(F)cc(F)c4F)nn3)cccc2C1. The molecule has 2 aliphatic rings. The van der Waals surface area contributed by atoms with E-state index in [1.165, 1.54) is 11.6 Å². The second kappa shape index (κ2) is 10.1. The normalized spacial score (nSPS) is 18.2. The van der Waals surface area contributed by atoms with Crippen LogP contribution in [0.1, 0.15) is 32.3 Å². The van der Waals surface area contributed by atoms with Crippen molar-refractivity contribution in [3.05, 3.63) is 76.6 Å². The summed E-state index contributed by atoms with van der Waals surface area (Å²) < 4.78 is 64.0. The summed E-state index contributed by atoms with van der Waals surface area (Å²) in [5.41, 5.74) is 3.15. The lowest BCUT2D eigenvalue weighted by Gasteiger charge is -2.34. The van der Waals surface area contributed by atoms with E-state index in [0.717, 1.165) is 36.5 Å². The van der Waals surface area contributed by atoms with Gasteiger partial charge in [0.15, 0.2) is 11.6 Å². The smallest absolute Gasteiger partial charge is 0.168 e. The number of benzene rings is 2. The lowest BCUT2D eigenvalue weighted by Crippen LogP contribution is -2.36. The van der Waals surface area contributed by atoms with Crippen LogP contribution in [0.25, 0.3) is 11.3 Å². The highest BCUT2D eigenvalue weighted by molar-refractivity contribution is 5.60. The van der Waals surface area contributed by atoms with Gasteiger partial charge in [-0.1, -0.05) is 18.2 Å². The molecule has 0 saturated carbocycles. The van der Waals surface area contributed by atoms with Gasteiger partial charge in [0.25, 0.3) is 0 Å². The molecule has 178 valence electrons. The van der Waals surface area contributed by atoms with E-state index >= 15 is 0 Å². The highest BCUT2D eigenvalue weighted by Gasteiger charge is 2.23. The van der Waals surface area contributed by atoms with Gasteiger partial charge in [0.1, 0.15) is 11.6 Å². The second-order valence-electron chi connectivity index (χ2n) is 8.65. The number of anilines is 1. The summed E-state index contributed by atoms with van der Waals surface area (Å²) in [5, 5.41) is 11.2. The summed E-state index contributed by atoms with van der Waals surface area (Å²) in [7, 11) is 0. The third kappa shape index (κ3) is 5.08. The Morgan fingerprint density at radius 1 is 1.09 bits per heavy atom. The molecule has 2 aromatic carbocycles. The first-order chi connectivity index (χ1) is 17.3. The minimum atomic E-state index is -1.38. The van der Waals surface area contributed by atoms with Gasteiger partial charge in [0, 0.05) is 53.7 Å². The predicted molar refractivity (Wildman–Crippen MR) is 124 cm³/mol.